The van der Waals surface area contributed by atoms with Crippen LogP contribution in [0.4, 0.5) is 4.39 Å². The Balaban J connectivity index is 1.66. The Morgan fingerprint density at radius 2 is 1.82 bits per heavy atom. The van der Waals surface area contributed by atoms with E-state index in [1.54, 1.807) is 48.3 Å². The predicted octanol–water partition coefficient (Wildman–Crippen LogP) is 3.91. The number of nitrogens with zero attached hydrogens (tertiary/aromatic N) is 3. The van der Waals surface area contributed by atoms with Gasteiger partial charge in [-0.25, -0.2) is 17.8 Å². The molecule has 2 heterocycles. The van der Waals surface area contributed by atoms with Crippen molar-refractivity contribution in [3.63, 3.8) is 0 Å². The Kier molecular flexibility index (Phi) is 6.83. The second-order valence-electron chi connectivity index (χ2n) is 7.96. The van der Waals surface area contributed by atoms with Gasteiger partial charge in [-0.15, -0.1) is 0 Å². The van der Waals surface area contributed by atoms with Gasteiger partial charge in [-0.2, -0.15) is 4.31 Å². The molecule has 4 rings (SSSR count). The standard InChI is InChI=1S/C23H24ClFN4O3S/c1-28-14-11-26-22(28)21(16-5-8-18(24)9-6-16)27-23(30)17-7-10-19(25)20(15-17)33(31,32)29-12-3-2-4-13-29/h5-11,14-15,21H,2-4,12-13H2,1H3,(H,27,30). The minimum atomic E-state index is -4.04. The molecule has 1 unspecified atom stereocenters. The third kappa shape index (κ3) is 4.95. The normalized spacial score (nSPS) is 15.8. The van der Waals surface area contributed by atoms with E-state index in [9.17, 15) is 17.6 Å². The molecule has 33 heavy (non-hydrogen) atoms. The smallest absolute Gasteiger partial charge is 0.252 e. The lowest BCUT2D eigenvalue weighted by atomic mass is 10.1. The molecule has 1 aliphatic heterocycles. The summed E-state index contributed by atoms with van der Waals surface area (Å²) in [5, 5.41) is 3.44. The molecule has 1 aliphatic rings. The molecule has 1 atom stereocenters. The van der Waals surface area contributed by atoms with Crippen molar-refractivity contribution in [1.82, 2.24) is 19.2 Å². The lowest BCUT2D eigenvalue weighted by Gasteiger charge is -2.26. The van der Waals surface area contributed by atoms with E-state index in [2.05, 4.69) is 10.3 Å². The number of benzene rings is 2. The van der Waals surface area contributed by atoms with Crippen molar-refractivity contribution in [2.45, 2.75) is 30.2 Å². The average molecular weight is 491 g/mol. The first-order valence-electron chi connectivity index (χ1n) is 10.6. The van der Waals surface area contributed by atoms with Crippen LogP contribution in [0.15, 0.2) is 59.8 Å². The molecule has 0 spiro atoms. The van der Waals surface area contributed by atoms with Crippen LogP contribution < -0.4 is 5.32 Å². The highest BCUT2D eigenvalue weighted by atomic mass is 35.5. The zero-order chi connectivity index (χ0) is 23.6. The fraction of sp³-hybridized carbons (Fsp3) is 0.304. The molecule has 10 heteroatoms. The van der Waals surface area contributed by atoms with Crippen LogP contribution in [-0.4, -0.2) is 41.3 Å². The molecule has 174 valence electrons. The molecule has 1 saturated heterocycles. The van der Waals surface area contributed by atoms with Crippen molar-refractivity contribution in [1.29, 1.82) is 0 Å². The monoisotopic (exact) mass is 490 g/mol. The first kappa shape index (κ1) is 23.4. The maximum Gasteiger partial charge on any atom is 0.252 e. The largest absolute Gasteiger partial charge is 0.338 e. The third-order valence-electron chi connectivity index (χ3n) is 5.72. The molecule has 0 bridgehead atoms. The zero-order valence-corrected chi connectivity index (χ0v) is 19.6. The number of amides is 1. The number of halogens is 2. The maximum absolute atomic E-state index is 14.6. The van der Waals surface area contributed by atoms with Gasteiger partial charge in [-0.3, -0.25) is 4.79 Å². The highest BCUT2D eigenvalue weighted by Gasteiger charge is 2.30. The van der Waals surface area contributed by atoms with Gasteiger partial charge in [0.15, 0.2) is 0 Å². The number of hydrogen-bond acceptors (Lipinski definition) is 4. The van der Waals surface area contributed by atoms with Crippen LogP contribution >= 0.6 is 11.6 Å². The van der Waals surface area contributed by atoms with Gasteiger partial charge in [0.05, 0.1) is 0 Å². The summed E-state index contributed by atoms with van der Waals surface area (Å²) in [7, 11) is -2.23. The van der Waals surface area contributed by atoms with Crippen molar-refractivity contribution in [2.75, 3.05) is 13.1 Å². The van der Waals surface area contributed by atoms with Crippen LogP contribution in [0.25, 0.3) is 0 Å². The highest BCUT2D eigenvalue weighted by molar-refractivity contribution is 7.89. The van der Waals surface area contributed by atoms with Gasteiger partial charge in [0.1, 0.15) is 22.6 Å². The number of carbonyl (C=O) groups excluding carboxylic acids is 1. The Hall–Kier alpha value is -2.75. The van der Waals surface area contributed by atoms with Crippen molar-refractivity contribution >= 4 is 27.5 Å². The Bertz CT molecular complexity index is 1250. The van der Waals surface area contributed by atoms with Crippen LogP contribution in [-0.2, 0) is 17.1 Å². The number of nitrogens with one attached hydrogen (secondary N) is 1. The Morgan fingerprint density at radius 3 is 2.45 bits per heavy atom. The van der Waals surface area contributed by atoms with Gasteiger partial charge in [0, 0.05) is 43.1 Å². The van der Waals surface area contributed by atoms with Crippen molar-refractivity contribution in [3.8, 4) is 0 Å². The van der Waals surface area contributed by atoms with E-state index >= 15 is 0 Å². The van der Waals surface area contributed by atoms with Gasteiger partial charge in [0.25, 0.3) is 5.91 Å². The minimum absolute atomic E-state index is 0.0418. The molecular formula is C23H24ClFN4O3S. The van der Waals surface area contributed by atoms with Crippen molar-refractivity contribution < 1.29 is 17.6 Å². The third-order valence-corrected chi connectivity index (χ3v) is 7.89. The molecule has 3 aromatic rings. The SMILES string of the molecule is Cn1ccnc1C(NC(=O)c1ccc(F)c(S(=O)(=O)N2CCCCC2)c1)c1ccc(Cl)cc1. The molecule has 1 aromatic heterocycles. The van der Waals surface area contributed by atoms with E-state index in [4.69, 9.17) is 11.6 Å². The molecule has 1 fully saturated rings. The van der Waals surface area contributed by atoms with E-state index < -0.39 is 32.7 Å². The van der Waals surface area contributed by atoms with Crippen LogP contribution in [0.3, 0.4) is 0 Å². The quantitative estimate of drug-likeness (QED) is 0.568. The summed E-state index contributed by atoms with van der Waals surface area (Å²) in [6.07, 6.45) is 5.77. The van der Waals surface area contributed by atoms with Gasteiger partial charge >= 0.3 is 0 Å². The Labute approximate surface area is 197 Å². The summed E-state index contributed by atoms with van der Waals surface area (Å²) >= 11 is 6.01. The molecule has 0 saturated carbocycles. The zero-order valence-electron chi connectivity index (χ0n) is 18.0. The van der Waals surface area contributed by atoms with Gasteiger partial charge in [-0.05, 0) is 48.7 Å². The second-order valence-corrected chi connectivity index (χ2v) is 10.3. The predicted molar refractivity (Wildman–Crippen MR) is 123 cm³/mol. The number of rotatable bonds is 6. The topological polar surface area (TPSA) is 84.3 Å². The number of carbonyl (C=O) groups is 1. The lowest BCUT2D eigenvalue weighted by Crippen LogP contribution is -2.36. The molecular weight excluding hydrogens is 467 g/mol. The van der Waals surface area contributed by atoms with Crippen LogP contribution in [0.1, 0.15) is 47.1 Å². The Morgan fingerprint density at radius 1 is 1.12 bits per heavy atom. The van der Waals surface area contributed by atoms with Crippen molar-refractivity contribution in [2.24, 2.45) is 7.05 Å². The van der Waals surface area contributed by atoms with Gasteiger partial charge in [-0.1, -0.05) is 30.2 Å². The second kappa shape index (κ2) is 9.62. The molecule has 0 radical (unpaired) electrons. The van der Waals surface area contributed by atoms with E-state index in [-0.39, 0.29) is 5.56 Å². The summed E-state index contributed by atoms with van der Waals surface area (Å²) in [6.45, 7) is 0.687. The molecule has 1 amide bonds. The lowest BCUT2D eigenvalue weighted by molar-refractivity contribution is 0.0941. The highest BCUT2D eigenvalue weighted by Crippen LogP contribution is 2.26. The number of aromatic nitrogens is 2. The summed E-state index contributed by atoms with van der Waals surface area (Å²) in [6, 6.07) is 9.74. The van der Waals surface area contributed by atoms with E-state index in [0.717, 1.165) is 37.0 Å². The number of piperidine rings is 1. The fourth-order valence-electron chi connectivity index (χ4n) is 3.91. The summed E-state index contributed by atoms with van der Waals surface area (Å²) in [5.74, 6) is -0.850. The van der Waals surface area contributed by atoms with E-state index in [1.165, 1.54) is 10.4 Å². The number of imidazole rings is 1. The molecule has 1 N–H and O–H groups in total. The van der Waals surface area contributed by atoms with Crippen LogP contribution in [0.2, 0.25) is 5.02 Å². The summed E-state index contributed by atoms with van der Waals surface area (Å²) in [4.78, 5) is 17.0. The number of hydrogen-bond donors (Lipinski definition) is 1. The van der Waals surface area contributed by atoms with Crippen LogP contribution in [0, 0.1) is 5.82 Å². The minimum Gasteiger partial charge on any atom is -0.338 e. The van der Waals surface area contributed by atoms with E-state index in [1.807, 2.05) is 0 Å². The maximum atomic E-state index is 14.6. The van der Waals surface area contributed by atoms with Gasteiger partial charge in [0.2, 0.25) is 10.0 Å². The molecule has 2 aromatic carbocycles. The summed E-state index contributed by atoms with van der Waals surface area (Å²) < 4.78 is 43.7. The first-order valence-corrected chi connectivity index (χ1v) is 12.4. The molecule has 0 aliphatic carbocycles. The number of sulfonamides is 1. The van der Waals surface area contributed by atoms with E-state index in [0.29, 0.717) is 23.9 Å². The first-order chi connectivity index (χ1) is 15.8. The van der Waals surface area contributed by atoms with Crippen molar-refractivity contribution in [3.05, 3.63) is 82.6 Å². The number of aryl methyl sites for hydroxylation is 1. The molecule has 7 nitrogen and oxygen atoms in total. The van der Waals surface area contributed by atoms with Crippen LogP contribution in [0.5, 0.6) is 0 Å². The average Bonchev–Trinajstić information content (AvgIpc) is 3.24. The fourth-order valence-corrected chi connectivity index (χ4v) is 5.64. The van der Waals surface area contributed by atoms with Gasteiger partial charge < -0.3 is 9.88 Å². The summed E-state index contributed by atoms with van der Waals surface area (Å²) in [5.41, 5.74) is 0.783.